The Morgan fingerprint density at radius 2 is 1.69 bits per heavy atom. The van der Waals surface area contributed by atoms with Gasteiger partial charge in [-0.1, -0.05) is 48.0 Å². The molecule has 0 aliphatic heterocycles. The summed E-state index contributed by atoms with van der Waals surface area (Å²) in [6, 6.07) is 19.8. The van der Waals surface area contributed by atoms with Gasteiger partial charge in [-0.15, -0.1) is 0 Å². The van der Waals surface area contributed by atoms with E-state index in [0.29, 0.717) is 27.4 Å². The zero-order valence-electron chi connectivity index (χ0n) is 19.2. The highest BCUT2D eigenvalue weighted by atomic mass is 35.5. The molecule has 0 unspecified atom stereocenters. The van der Waals surface area contributed by atoms with Crippen LogP contribution in [0.4, 0.5) is 0 Å². The number of carbonyl (C=O) groups excluding carboxylic acids is 1. The third-order valence-electron chi connectivity index (χ3n) is 5.89. The molecule has 9 heteroatoms. The van der Waals surface area contributed by atoms with Crippen LogP contribution in [0.5, 0.6) is 0 Å². The van der Waals surface area contributed by atoms with Crippen LogP contribution in [0.25, 0.3) is 22.4 Å². The highest BCUT2D eigenvalue weighted by molar-refractivity contribution is 6.31. The second kappa shape index (κ2) is 9.23. The summed E-state index contributed by atoms with van der Waals surface area (Å²) in [6.45, 7) is 3.69. The van der Waals surface area contributed by atoms with E-state index in [2.05, 4.69) is 10.4 Å². The van der Waals surface area contributed by atoms with Crippen molar-refractivity contribution in [2.45, 2.75) is 26.4 Å². The van der Waals surface area contributed by atoms with Crippen molar-refractivity contribution in [3.05, 3.63) is 106 Å². The van der Waals surface area contributed by atoms with E-state index in [4.69, 9.17) is 16.7 Å². The van der Waals surface area contributed by atoms with Crippen molar-refractivity contribution in [2.75, 3.05) is 0 Å². The van der Waals surface area contributed by atoms with E-state index < -0.39 is 11.6 Å². The SMILES string of the molecule is Cc1nn([C@@H](C)C(=O)NCc2ccccc2Cl)c(=O)c2c(-n3cccc3)n(-c3ccccc3)nc12. The molecule has 0 aliphatic rings. The summed E-state index contributed by atoms with van der Waals surface area (Å²) in [5.41, 5.74) is 2.25. The summed E-state index contributed by atoms with van der Waals surface area (Å²) in [5, 5.41) is 13.0. The number of hydrogen-bond acceptors (Lipinski definition) is 4. The summed E-state index contributed by atoms with van der Waals surface area (Å²) < 4.78 is 4.80. The molecule has 5 aromatic rings. The van der Waals surface area contributed by atoms with Gasteiger partial charge in [-0.25, -0.2) is 9.36 Å². The maximum atomic E-state index is 13.7. The largest absolute Gasteiger partial charge is 0.350 e. The second-order valence-corrected chi connectivity index (χ2v) is 8.61. The fraction of sp³-hybridized carbons (Fsp3) is 0.154. The van der Waals surface area contributed by atoms with Crippen LogP contribution >= 0.6 is 11.6 Å². The van der Waals surface area contributed by atoms with E-state index in [1.54, 1.807) is 24.6 Å². The number of nitrogens with one attached hydrogen (secondary N) is 1. The number of rotatable bonds is 6. The highest BCUT2D eigenvalue weighted by Gasteiger charge is 2.25. The van der Waals surface area contributed by atoms with Crippen LogP contribution < -0.4 is 10.9 Å². The molecule has 0 saturated carbocycles. The van der Waals surface area contributed by atoms with Crippen molar-refractivity contribution in [3.63, 3.8) is 0 Å². The smallest absolute Gasteiger partial charge is 0.280 e. The van der Waals surface area contributed by atoms with Crippen molar-refractivity contribution >= 4 is 28.4 Å². The lowest BCUT2D eigenvalue weighted by Gasteiger charge is -2.15. The maximum absolute atomic E-state index is 13.7. The van der Waals surface area contributed by atoms with E-state index in [1.165, 1.54) is 4.68 Å². The second-order valence-electron chi connectivity index (χ2n) is 8.21. The lowest BCUT2D eigenvalue weighted by Crippen LogP contribution is -2.37. The average Bonchev–Trinajstić information content (AvgIpc) is 3.54. The number of hydrogen-bond donors (Lipinski definition) is 1. The van der Waals surface area contributed by atoms with Crippen molar-refractivity contribution < 1.29 is 4.79 Å². The Morgan fingerprint density at radius 3 is 2.40 bits per heavy atom. The predicted octanol–water partition coefficient (Wildman–Crippen LogP) is 4.21. The normalized spacial score (nSPS) is 12.1. The van der Waals surface area contributed by atoms with E-state index >= 15 is 0 Å². The van der Waals surface area contributed by atoms with E-state index in [9.17, 15) is 9.59 Å². The first-order valence-corrected chi connectivity index (χ1v) is 11.6. The lowest BCUT2D eigenvalue weighted by molar-refractivity contribution is -0.124. The molecule has 1 N–H and O–H groups in total. The zero-order valence-corrected chi connectivity index (χ0v) is 20.0. The maximum Gasteiger partial charge on any atom is 0.280 e. The summed E-state index contributed by atoms with van der Waals surface area (Å²) in [6.07, 6.45) is 3.71. The van der Waals surface area contributed by atoms with Gasteiger partial charge in [0.2, 0.25) is 5.91 Å². The van der Waals surface area contributed by atoms with E-state index in [1.807, 2.05) is 77.6 Å². The number of amides is 1. The monoisotopic (exact) mass is 486 g/mol. The Hall–Kier alpha value is -4.17. The van der Waals surface area contributed by atoms with Gasteiger partial charge in [0.05, 0.1) is 11.4 Å². The molecular weight excluding hydrogens is 464 g/mol. The predicted molar refractivity (Wildman–Crippen MR) is 135 cm³/mol. The van der Waals surface area contributed by atoms with Crippen LogP contribution in [0, 0.1) is 6.92 Å². The molecule has 3 heterocycles. The van der Waals surface area contributed by atoms with Crippen LogP contribution in [0.3, 0.4) is 0 Å². The number of nitrogens with zero attached hydrogens (tertiary/aromatic N) is 5. The molecule has 1 atom stereocenters. The fourth-order valence-electron chi connectivity index (χ4n) is 4.04. The van der Waals surface area contributed by atoms with Gasteiger partial charge in [-0.05, 0) is 49.7 Å². The molecule has 2 aromatic carbocycles. The third-order valence-corrected chi connectivity index (χ3v) is 6.26. The summed E-state index contributed by atoms with van der Waals surface area (Å²) in [4.78, 5) is 26.7. The number of para-hydroxylation sites is 1. The van der Waals surface area contributed by atoms with Crippen LogP contribution in [-0.4, -0.2) is 30.0 Å². The van der Waals surface area contributed by atoms with Crippen molar-refractivity contribution in [1.29, 1.82) is 0 Å². The van der Waals surface area contributed by atoms with Gasteiger partial charge in [0, 0.05) is 24.0 Å². The number of halogens is 1. The molecule has 0 radical (unpaired) electrons. The highest BCUT2D eigenvalue weighted by Crippen LogP contribution is 2.25. The standard InChI is InChI=1S/C26H23ClN6O2/c1-17-23-22(25(31-14-8-9-15-31)33(30-23)20-11-4-3-5-12-20)26(35)32(29-17)18(2)24(34)28-16-19-10-6-7-13-21(19)27/h3-15,18H,16H2,1-2H3,(H,28,34)/t18-/m0/s1. The van der Waals surface area contributed by atoms with Gasteiger partial charge in [-0.2, -0.15) is 10.2 Å². The van der Waals surface area contributed by atoms with Crippen molar-refractivity contribution in [3.8, 4) is 11.5 Å². The molecule has 1 amide bonds. The van der Waals surface area contributed by atoms with Gasteiger partial charge in [0.25, 0.3) is 5.56 Å². The Balaban J connectivity index is 1.59. The molecular formula is C26H23ClN6O2. The van der Waals surface area contributed by atoms with Gasteiger partial charge in [0.1, 0.15) is 16.9 Å². The van der Waals surface area contributed by atoms with Gasteiger partial charge in [-0.3, -0.25) is 9.59 Å². The minimum absolute atomic E-state index is 0.249. The Morgan fingerprint density at radius 1 is 1.00 bits per heavy atom. The number of aromatic nitrogens is 5. The van der Waals surface area contributed by atoms with E-state index in [0.717, 1.165) is 11.3 Å². The first-order chi connectivity index (χ1) is 17.0. The number of benzene rings is 2. The first-order valence-electron chi connectivity index (χ1n) is 11.2. The molecule has 3 aromatic heterocycles. The summed E-state index contributed by atoms with van der Waals surface area (Å²) in [5.74, 6) is 0.250. The Labute approximate surface area is 206 Å². The van der Waals surface area contributed by atoms with E-state index in [-0.39, 0.29) is 12.5 Å². The van der Waals surface area contributed by atoms with Crippen molar-refractivity contribution in [2.24, 2.45) is 0 Å². The molecule has 0 fully saturated rings. The topological polar surface area (TPSA) is 86.7 Å². The van der Waals surface area contributed by atoms with Crippen LogP contribution in [0.15, 0.2) is 83.9 Å². The number of carbonyl (C=O) groups is 1. The molecule has 35 heavy (non-hydrogen) atoms. The molecule has 0 aliphatic carbocycles. The molecule has 8 nitrogen and oxygen atoms in total. The third kappa shape index (κ3) is 4.13. The van der Waals surface area contributed by atoms with Gasteiger partial charge >= 0.3 is 0 Å². The molecule has 0 spiro atoms. The fourth-order valence-corrected chi connectivity index (χ4v) is 4.24. The summed E-state index contributed by atoms with van der Waals surface area (Å²) in [7, 11) is 0. The minimum Gasteiger partial charge on any atom is -0.350 e. The Kier molecular flexibility index (Phi) is 5.96. The first kappa shape index (κ1) is 22.6. The number of fused-ring (bicyclic) bond motifs is 1. The van der Waals surface area contributed by atoms with Crippen LogP contribution in [0.2, 0.25) is 5.02 Å². The Bertz CT molecular complexity index is 1570. The van der Waals surface area contributed by atoms with Gasteiger partial charge in [0.15, 0.2) is 5.82 Å². The van der Waals surface area contributed by atoms with Crippen LogP contribution in [-0.2, 0) is 11.3 Å². The van der Waals surface area contributed by atoms with Crippen LogP contribution in [0.1, 0.15) is 24.2 Å². The quantitative estimate of drug-likeness (QED) is 0.389. The average molecular weight is 487 g/mol. The minimum atomic E-state index is -0.842. The summed E-state index contributed by atoms with van der Waals surface area (Å²) >= 11 is 6.20. The molecule has 0 bridgehead atoms. The number of aryl methyl sites for hydroxylation is 1. The van der Waals surface area contributed by atoms with Crippen molar-refractivity contribution in [1.82, 2.24) is 29.4 Å². The zero-order chi connectivity index (χ0) is 24.5. The lowest BCUT2D eigenvalue weighted by atomic mass is 10.2. The molecule has 0 saturated heterocycles. The molecule has 5 rings (SSSR count). The van der Waals surface area contributed by atoms with Gasteiger partial charge < -0.3 is 9.88 Å². The molecule has 176 valence electrons.